The zero-order valence-corrected chi connectivity index (χ0v) is 23.6. The number of rotatable bonds is 8. The molecule has 0 spiro atoms. The van der Waals surface area contributed by atoms with Crippen LogP contribution in [0.25, 0.3) is 27.5 Å². The highest BCUT2D eigenvalue weighted by molar-refractivity contribution is 9.10. The van der Waals surface area contributed by atoms with E-state index < -0.39 is 0 Å². The lowest BCUT2D eigenvalue weighted by Gasteiger charge is -2.20. The first-order valence-electron chi connectivity index (χ1n) is 12.2. The van der Waals surface area contributed by atoms with Gasteiger partial charge in [-0.3, -0.25) is 4.79 Å². The maximum atomic E-state index is 14.0. The van der Waals surface area contributed by atoms with Crippen LogP contribution in [0.1, 0.15) is 18.2 Å². The number of fused-ring (bicyclic) bond motifs is 3. The van der Waals surface area contributed by atoms with Crippen molar-refractivity contribution in [2.45, 2.75) is 19.9 Å². The van der Waals surface area contributed by atoms with Crippen molar-refractivity contribution in [1.29, 1.82) is 0 Å². The maximum absolute atomic E-state index is 14.0. The highest BCUT2D eigenvalue weighted by Gasteiger charge is 2.26. The Morgan fingerprint density at radius 3 is 2.26 bits per heavy atom. The van der Waals surface area contributed by atoms with Gasteiger partial charge in [0.25, 0.3) is 5.56 Å². The van der Waals surface area contributed by atoms with E-state index in [1.165, 1.54) is 0 Å². The van der Waals surface area contributed by atoms with Gasteiger partial charge in [0.1, 0.15) is 5.75 Å². The van der Waals surface area contributed by atoms with Crippen LogP contribution in [0.3, 0.4) is 0 Å². The summed E-state index contributed by atoms with van der Waals surface area (Å²) in [5, 5.41) is 1.36. The standard InChI is InChI=1S/C30H29BrN2O5/c1-6-32-24-17-25(36-3)28(37-4)29(38-5)26(24)27-22(30(32)34)16-20(14-18-10-7-8-13-23(18)31)33(27)19-11-9-12-21(15-19)35-2/h7-13,15-17H,6,14H2,1-5H3. The largest absolute Gasteiger partial charge is 0.497 e. The summed E-state index contributed by atoms with van der Waals surface area (Å²) in [6.07, 6.45) is 0.593. The third-order valence-corrected chi connectivity index (χ3v) is 7.62. The Morgan fingerprint density at radius 1 is 0.842 bits per heavy atom. The Bertz CT molecular complexity index is 1720. The Labute approximate surface area is 229 Å². The van der Waals surface area contributed by atoms with E-state index in [1.807, 2.05) is 61.5 Å². The second-order valence-corrected chi connectivity index (χ2v) is 9.65. The van der Waals surface area contributed by atoms with Gasteiger partial charge in [-0.1, -0.05) is 40.2 Å². The number of methoxy groups -OCH3 is 4. The predicted molar refractivity (Wildman–Crippen MR) is 154 cm³/mol. The average molecular weight is 577 g/mol. The molecule has 0 saturated heterocycles. The molecule has 0 radical (unpaired) electrons. The molecule has 0 fully saturated rings. The van der Waals surface area contributed by atoms with Gasteiger partial charge in [-0.05, 0) is 36.8 Å². The molecule has 0 N–H and O–H groups in total. The van der Waals surface area contributed by atoms with Crippen molar-refractivity contribution in [3.8, 4) is 28.7 Å². The summed E-state index contributed by atoms with van der Waals surface area (Å²) < 4.78 is 27.8. The van der Waals surface area contributed by atoms with Crippen LogP contribution in [-0.2, 0) is 13.0 Å². The zero-order chi connectivity index (χ0) is 27.0. The number of aromatic nitrogens is 2. The monoisotopic (exact) mass is 576 g/mol. The minimum atomic E-state index is -0.0840. The lowest BCUT2D eigenvalue weighted by Crippen LogP contribution is -2.20. The molecule has 0 aliphatic heterocycles. The van der Waals surface area contributed by atoms with Crippen LogP contribution in [0.2, 0.25) is 0 Å². The topological polar surface area (TPSA) is 63.9 Å². The van der Waals surface area contributed by atoms with Gasteiger partial charge in [-0.2, -0.15) is 0 Å². The molecule has 196 valence electrons. The number of halogens is 1. The Kier molecular flexibility index (Phi) is 7.08. The summed E-state index contributed by atoms with van der Waals surface area (Å²) in [4.78, 5) is 14.0. The summed E-state index contributed by atoms with van der Waals surface area (Å²) in [5.41, 5.74) is 4.28. The SMILES string of the molecule is CCn1c(=O)c2cc(Cc3ccccc3Br)n(-c3cccc(OC)c3)c2c2c(OC)c(OC)c(OC)cc21. The third kappa shape index (κ3) is 4.09. The van der Waals surface area contributed by atoms with Crippen molar-refractivity contribution >= 4 is 37.7 Å². The fraction of sp³-hybridized carbons (Fsp3) is 0.233. The minimum absolute atomic E-state index is 0.0840. The van der Waals surface area contributed by atoms with Crippen LogP contribution >= 0.6 is 15.9 Å². The van der Waals surface area contributed by atoms with Crippen LogP contribution in [0.5, 0.6) is 23.0 Å². The molecule has 38 heavy (non-hydrogen) atoms. The zero-order valence-electron chi connectivity index (χ0n) is 22.0. The maximum Gasteiger partial charge on any atom is 0.260 e. The quantitative estimate of drug-likeness (QED) is 0.215. The predicted octanol–water partition coefficient (Wildman–Crippen LogP) is 6.35. The molecule has 0 bridgehead atoms. The summed E-state index contributed by atoms with van der Waals surface area (Å²) >= 11 is 3.69. The molecule has 2 heterocycles. The van der Waals surface area contributed by atoms with Crippen molar-refractivity contribution in [2.24, 2.45) is 0 Å². The second kappa shape index (κ2) is 10.5. The van der Waals surface area contributed by atoms with Crippen LogP contribution in [0.4, 0.5) is 0 Å². The molecule has 8 heteroatoms. The third-order valence-electron chi connectivity index (χ3n) is 6.85. The number of hydrogen-bond acceptors (Lipinski definition) is 5. The molecule has 2 aromatic heterocycles. The van der Waals surface area contributed by atoms with Crippen LogP contribution in [0.15, 0.2) is 69.9 Å². The molecular weight excluding hydrogens is 548 g/mol. The van der Waals surface area contributed by atoms with Crippen molar-refractivity contribution in [3.63, 3.8) is 0 Å². The van der Waals surface area contributed by atoms with E-state index in [0.29, 0.717) is 46.9 Å². The van der Waals surface area contributed by atoms with E-state index in [9.17, 15) is 4.79 Å². The van der Waals surface area contributed by atoms with E-state index in [-0.39, 0.29) is 5.56 Å². The van der Waals surface area contributed by atoms with Crippen molar-refractivity contribution < 1.29 is 18.9 Å². The minimum Gasteiger partial charge on any atom is -0.497 e. The molecule has 0 amide bonds. The van der Waals surface area contributed by atoms with Gasteiger partial charge >= 0.3 is 0 Å². The number of hydrogen-bond donors (Lipinski definition) is 0. The highest BCUT2D eigenvalue weighted by Crippen LogP contribution is 2.46. The first-order chi connectivity index (χ1) is 18.5. The lowest BCUT2D eigenvalue weighted by molar-refractivity contribution is 0.327. The molecule has 5 aromatic rings. The van der Waals surface area contributed by atoms with Gasteiger partial charge in [0, 0.05) is 41.0 Å². The summed E-state index contributed by atoms with van der Waals surface area (Å²) in [6.45, 7) is 2.44. The number of pyridine rings is 1. The molecule has 0 aliphatic carbocycles. The van der Waals surface area contributed by atoms with E-state index in [2.05, 4.69) is 26.6 Å². The molecule has 0 saturated carbocycles. The van der Waals surface area contributed by atoms with E-state index in [1.54, 1.807) is 33.0 Å². The van der Waals surface area contributed by atoms with E-state index >= 15 is 0 Å². The lowest BCUT2D eigenvalue weighted by atomic mass is 10.1. The molecule has 5 rings (SSSR count). The number of ether oxygens (including phenoxy) is 4. The summed E-state index contributed by atoms with van der Waals surface area (Å²) in [6, 6.07) is 19.8. The fourth-order valence-corrected chi connectivity index (χ4v) is 5.56. The number of benzene rings is 3. The average Bonchev–Trinajstić information content (AvgIpc) is 3.32. The van der Waals surface area contributed by atoms with Crippen LogP contribution in [-0.4, -0.2) is 37.6 Å². The summed E-state index contributed by atoms with van der Waals surface area (Å²) in [5.74, 6) is 2.18. The Morgan fingerprint density at radius 2 is 1.61 bits per heavy atom. The molecular formula is C30H29BrN2O5. The first kappa shape index (κ1) is 25.7. The van der Waals surface area contributed by atoms with Crippen molar-refractivity contribution in [3.05, 3.63) is 86.7 Å². The van der Waals surface area contributed by atoms with E-state index in [4.69, 9.17) is 18.9 Å². The van der Waals surface area contributed by atoms with Crippen molar-refractivity contribution in [2.75, 3.05) is 28.4 Å². The van der Waals surface area contributed by atoms with Gasteiger partial charge in [-0.25, -0.2) is 0 Å². The summed E-state index contributed by atoms with van der Waals surface area (Å²) in [7, 11) is 6.40. The Hall–Kier alpha value is -3.91. The highest BCUT2D eigenvalue weighted by atomic mass is 79.9. The van der Waals surface area contributed by atoms with E-state index in [0.717, 1.165) is 32.3 Å². The van der Waals surface area contributed by atoms with Gasteiger partial charge < -0.3 is 28.1 Å². The van der Waals surface area contributed by atoms with Crippen LogP contribution < -0.4 is 24.5 Å². The molecule has 0 aliphatic rings. The Balaban J connectivity index is 2.01. The van der Waals surface area contributed by atoms with Crippen molar-refractivity contribution in [1.82, 2.24) is 9.13 Å². The molecule has 0 unspecified atom stereocenters. The normalized spacial score (nSPS) is 11.2. The number of aryl methyl sites for hydroxylation is 1. The van der Waals surface area contributed by atoms with Gasteiger partial charge in [0.2, 0.25) is 5.75 Å². The smallest absolute Gasteiger partial charge is 0.260 e. The second-order valence-electron chi connectivity index (χ2n) is 8.79. The van der Waals surface area contributed by atoms with Crippen LogP contribution in [0, 0.1) is 0 Å². The van der Waals surface area contributed by atoms with Gasteiger partial charge in [-0.15, -0.1) is 0 Å². The molecule has 3 aromatic carbocycles. The number of nitrogens with zero attached hydrogens (tertiary/aromatic N) is 2. The fourth-order valence-electron chi connectivity index (χ4n) is 5.14. The first-order valence-corrected chi connectivity index (χ1v) is 13.0. The molecule has 7 nitrogen and oxygen atoms in total. The van der Waals surface area contributed by atoms with Gasteiger partial charge in [0.15, 0.2) is 11.5 Å². The van der Waals surface area contributed by atoms with Gasteiger partial charge in [0.05, 0.1) is 50.2 Å². The molecule has 0 atom stereocenters.